The second-order valence-corrected chi connectivity index (χ2v) is 8.07. The topological polar surface area (TPSA) is 60.9 Å². The zero-order valence-electron chi connectivity index (χ0n) is 17.6. The van der Waals surface area contributed by atoms with Crippen LogP contribution in [0.25, 0.3) is 0 Å². The van der Waals surface area contributed by atoms with Gasteiger partial charge in [-0.1, -0.05) is 31.2 Å². The molecule has 29 heavy (non-hydrogen) atoms. The van der Waals surface area contributed by atoms with Gasteiger partial charge in [-0.05, 0) is 31.2 Å². The zero-order chi connectivity index (χ0) is 20.6. The van der Waals surface area contributed by atoms with E-state index in [-0.39, 0.29) is 30.4 Å². The molecule has 6 heteroatoms. The van der Waals surface area contributed by atoms with Crippen LogP contribution in [0.5, 0.6) is 0 Å². The van der Waals surface area contributed by atoms with Gasteiger partial charge in [-0.3, -0.25) is 19.3 Å². The molecule has 2 fully saturated rings. The van der Waals surface area contributed by atoms with Crippen molar-refractivity contribution in [3.63, 3.8) is 0 Å². The molecule has 0 saturated carbocycles. The summed E-state index contributed by atoms with van der Waals surface area (Å²) in [5.74, 6) is 0.265. The predicted octanol–water partition coefficient (Wildman–Crippen LogP) is 2.37. The molecule has 0 atom stereocenters. The number of piperazine rings is 1. The highest BCUT2D eigenvalue weighted by molar-refractivity contribution is 5.98. The van der Waals surface area contributed by atoms with Crippen molar-refractivity contribution in [1.29, 1.82) is 0 Å². The van der Waals surface area contributed by atoms with E-state index in [2.05, 4.69) is 11.8 Å². The summed E-state index contributed by atoms with van der Waals surface area (Å²) < 4.78 is 0. The average molecular weight is 400 g/mol. The molecular weight excluding hydrogens is 366 g/mol. The summed E-state index contributed by atoms with van der Waals surface area (Å²) >= 11 is 0. The van der Waals surface area contributed by atoms with E-state index in [9.17, 15) is 14.4 Å². The zero-order valence-corrected chi connectivity index (χ0v) is 17.6. The maximum absolute atomic E-state index is 12.5. The Bertz CT molecular complexity index is 703. The van der Waals surface area contributed by atoms with E-state index < -0.39 is 0 Å². The van der Waals surface area contributed by atoms with Crippen molar-refractivity contribution in [3.05, 3.63) is 35.4 Å². The Morgan fingerprint density at radius 1 is 0.759 bits per heavy atom. The van der Waals surface area contributed by atoms with Gasteiger partial charge in [0.2, 0.25) is 11.8 Å². The minimum absolute atomic E-state index is 0.0202. The van der Waals surface area contributed by atoms with Gasteiger partial charge in [0.05, 0.1) is 6.54 Å². The number of hydrogen-bond acceptors (Lipinski definition) is 4. The lowest BCUT2D eigenvalue weighted by molar-refractivity contribution is -0.135. The molecule has 6 nitrogen and oxygen atoms in total. The molecule has 2 heterocycles. The number of aryl methyl sites for hydroxylation is 1. The van der Waals surface area contributed by atoms with Gasteiger partial charge in [-0.25, -0.2) is 0 Å². The molecule has 2 aliphatic rings. The number of ketones is 1. The number of Topliss-reactive ketones (excluding diaryl/α,β-unsaturated/α-hetero) is 1. The van der Waals surface area contributed by atoms with E-state index in [1.165, 1.54) is 12.0 Å². The van der Waals surface area contributed by atoms with E-state index in [0.29, 0.717) is 25.2 Å². The van der Waals surface area contributed by atoms with Crippen molar-refractivity contribution < 1.29 is 14.4 Å². The summed E-state index contributed by atoms with van der Waals surface area (Å²) in [6, 6.07) is 7.65. The molecule has 0 radical (unpaired) electrons. The minimum Gasteiger partial charge on any atom is -0.342 e. The fourth-order valence-corrected chi connectivity index (χ4v) is 4.04. The Morgan fingerprint density at radius 3 is 2.00 bits per heavy atom. The lowest BCUT2D eigenvalue weighted by atomic mass is 10.0. The van der Waals surface area contributed by atoms with Gasteiger partial charge in [-0.2, -0.15) is 0 Å². The number of piperidine rings is 1. The number of carbonyl (C=O) groups excluding carboxylic acids is 3. The fourth-order valence-electron chi connectivity index (χ4n) is 4.04. The largest absolute Gasteiger partial charge is 0.342 e. The summed E-state index contributed by atoms with van der Waals surface area (Å²) in [6.07, 6.45) is 4.88. The number of rotatable bonds is 7. The highest BCUT2D eigenvalue weighted by Gasteiger charge is 2.25. The van der Waals surface area contributed by atoms with E-state index in [4.69, 9.17) is 0 Å². The van der Waals surface area contributed by atoms with Crippen LogP contribution in [-0.2, 0) is 16.0 Å². The maximum Gasteiger partial charge on any atom is 0.236 e. The van der Waals surface area contributed by atoms with Crippen molar-refractivity contribution in [2.75, 3.05) is 45.8 Å². The van der Waals surface area contributed by atoms with Gasteiger partial charge in [0.1, 0.15) is 0 Å². The molecule has 2 saturated heterocycles. The molecule has 1 aromatic carbocycles. The normalized spacial score (nSPS) is 18.0. The van der Waals surface area contributed by atoms with Gasteiger partial charge in [0.25, 0.3) is 0 Å². The molecule has 0 spiro atoms. The molecule has 1 aromatic rings. The van der Waals surface area contributed by atoms with Crippen LogP contribution in [0.1, 0.15) is 54.9 Å². The van der Waals surface area contributed by atoms with Gasteiger partial charge in [-0.15, -0.1) is 0 Å². The highest BCUT2D eigenvalue weighted by Crippen LogP contribution is 2.12. The van der Waals surface area contributed by atoms with E-state index in [0.717, 1.165) is 45.4 Å². The molecule has 2 aliphatic heterocycles. The molecule has 0 N–H and O–H groups in total. The van der Waals surface area contributed by atoms with Crippen LogP contribution in [0, 0.1) is 0 Å². The van der Waals surface area contributed by atoms with Crippen molar-refractivity contribution in [3.8, 4) is 0 Å². The third-order valence-corrected chi connectivity index (χ3v) is 6.04. The summed E-state index contributed by atoms with van der Waals surface area (Å²) in [5.41, 5.74) is 1.88. The Balaban J connectivity index is 1.38. The average Bonchev–Trinajstić information content (AvgIpc) is 2.78. The van der Waals surface area contributed by atoms with Crippen molar-refractivity contribution >= 4 is 17.6 Å². The second-order valence-electron chi connectivity index (χ2n) is 8.07. The Morgan fingerprint density at radius 2 is 1.38 bits per heavy atom. The number of likely N-dealkylation sites (tertiary alicyclic amines) is 1. The smallest absolute Gasteiger partial charge is 0.236 e. The van der Waals surface area contributed by atoms with Crippen molar-refractivity contribution in [1.82, 2.24) is 14.7 Å². The first-order valence-electron chi connectivity index (χ1n) is 11.0. The van der Waals surface area contributed by atoms with Crippen LogP contribution < -0.4 is 0 Å². The molecular formula is C23H33N3O3. The van der Waals surface area contributed by atoms with Crippen molar-refractivity contribution in [2.24, 2.45) is 0 Å². The van der Waals surface area contributed by atoms with Crippen LogP contribution in [0.2, 0.25) is 0 Å². The Labute approximate surface area is 173 Å². The van der Waals surface area contributed by atoms with Crippen LogP contribution in [0.3, 0.4) is 0 Å². The van der Waals surface area contributed by atoms with E-state index >= 15 is 0 Å². The summed E-state index contributed by atoms with van der Waals surface area (Å²) in [6.45, 7) is 7.00. The SMILES string of the molecule is CCc1ccc(C(=O)CCC(=O)N2CCN(CC(=O)N3CCCCC3)CC2)cc1. The monoisotopic (exact) mass is 399 g/mol. The van der Waals surface area contributed by atoms with Crippen LogP contribution in [-0.4, -0.2) is 78.1 Å². The fraction of sp³-hybridized carbons (Fsp3) is 0.609. The van der Waals surface area contributed by atoms with Crippen LogP contribution in [0.15, 0.2) is 24.3 Å². The molecule has 0 bridgehead atoms. The van der Waals surface area contributed by atoms with Gasteiger partial charge in [0, 0.05) is 57.7 Å². The molecule has 2 amide bonds. The van der Waals surface area contributed by atoms with E-state index in [1.807, 2.05) is 34.1 Å². The van der Waals surface area contributed by atoms with Gasteiger partial charge >= 0.3 is 0 Å². The number of benzene rings is 1. The number of hydrogen-bond donors (Lipinski definition) is 0. The Kier molecular flexibility index (Phi) is 7.81. The van der Waals surface area contributed by atoms with Gasteiger partial charge in [0.15, 0.2) is 5.78 Å². The highest BCUT2D eigenvalue weighted by atomic mass is 16.2. The lowest BCUT2D eigenvalue weighted by Crippen LogP contribution is -2.52. The van der Waals surface area contributed by atoms with Crippen molar-refractivity contribution in [2.45, 2.75) is 45.4 Å². The minimum atomic E-state index is 0.0202. The summed E-state index contributed by atoms with van der Waals surface area (Å²) in [7, 11) is 0. The standard InChI is InChI=1S/C23H33N3O3/c1-2-19-6-8-20(9-7-19)21(27)10-11-22(28)26-16-14-24(15-17-26)18-23(29)25-12-4-3-5-13-25/h6-9H,2-5,10-18H2,1H3. The molecule has 0 unspecified atom stereocenters. The third kappa shape index (κ3) is 6.13. The Hall–Kier alpha value is -2.21. The first kappa shape index (κ1) is 21.5. The molecule has 0 aliphatic carbocycles. The lowest BCUT2D eigenvalue weighted by Gasteiger charge is -2.36. The summed E-state index contributed by atoms with van der Waals surface area (Å²) in [4.78, 5) is 43.2. The molecule has 0 aromatic heterocycles. The molecule has 158 valence electrons. The van der Waals surface area contributed by atoms with E-state index in [1.54, 1.807) is 0 Å². The number of amides is 2. The molecule has 3 rings (SSSR count). The predicted molar refractivity (Wildman–Crippen MR) is 113 cm³/mol. The first-order chi connectivity index (χ1) is 14.1. The summed E-state index contributed by atoms with van der Waals surface area (Å²) in [5, 5.41) is 0. The number of nitrogens with zero attached hydrogens (tertiary/aromatic N) is 3. The van der Waals surface area contributed by atoms with Crippen LogP contribution >= 0.6 is 0 Å². The van der Waals surface area contributed by atoms with Crippen LogP contribution in [0.4, 0.5) is 0 Å². The maximum atomic E-state index is 12.5. The quantitative estimate of drug-likeness (QED) is 0.661. The van der Waals surface area contributed by atoms with Gasteiger partial charge < -0.3 is 9.80 Å². The first-order valence-corrected chi connectivity index (χ1v) is 11.0. The number of carbonyl (C=O) groups is 3. The third-order valence-electron chi connectivity index (χ3n) is 6.04. The second kappa shape index (κ2) is 10.5.